The molecule has 2 aromatic carbocycles. The van der Waals surface area contributed by atoms with E-state index in [1.807, 2.05) is 30.3 Å². The summed E-state index contributed by atoms with van der Waals surface area (Å²) in [5.74, 6) is -0.804. The highest BCUT2D eigenvalue weighted by molar-refractivity contribution is 5.95. The van der Waals surface area contributed by atoms with Crippen molar-refractivity contribution in [2.75, 3.05) is 0 Å². The van der Waals surface area contributed by atoms with E-state index in [1.54, 1.807) is 31.2 Å². The minimum absolute atomic E-state index is 0.0999. The zero-order chi connectivity index (χ0) is 20.1. The van der Waals surface area contributed by atoms with Crippen LogP contribution in [-0.4, -0.2) is 18.0 Å². The molecule has 1 atom stereocenters. The Balaban J connectivity index is 1.91. The first-order chi connectivity index (χ1) is 13.5. The van der Waals surface area contributed by atoms with Gasteiger partial charge in [-0.25, -0.2) is 9.59 Å². The van der Waals surface area contributed by atoms with Crippen molar-refractivity contribution < 1.29 is 23.9 Å². The van der Waals surface area contributed by atoms with Gasteiger partial charge < -0.3 is 20.1 Å². The zero-order valence-electron chi connectivity index (χ0n) is 15.5. The van der Waals surface area contributed by atoms with Gasteiger partial charge in [-0.05, 0) is 18.6 Å². The fraction of sp³-hybridized carbons (Fsp3) is 0.190. The molecule has 1 unspecified atom stereocenters. The van der Waals surface area contributed by atoms with Crippen molar-refractivity contribution in [3.05, 3.63) is 77.0 Å². The maximum atomic E-state index is 12.8. The summed E-state index contributed by atoms with van der Waals surface area (Å²) in [6, 6.07) is 14.7. The molecule has 1 aliphatic heterocycles. The van der Waals surface area contributed by atoms with Crippen LogP contribution in [0.2, 0.25) is 0 Å². The van der Waals surface area contributed by atoms with Crippen molar-refractivity contribution in [2.24, 2.45) is 0 Å². The second-order valence-corrected chi connectivity index (χ2v) is 6.26. The molecule has 2 amide bonds. The highest BCUT2D eigenvalue weighted by atomic mass is 16.5. The van der Waals surface area contributed by atoms with E-state index in [2.05, 4.69) is 10.6 Å². The van der Waals surface area contributed by atoms with E-state index in [0.717, 1.165) is 5.56 Å². The highest BCUT2D eigenvalue weighted by Crippen LogP contribution is 2.33. The number of rotatable bonds is 5. The molecule has 28 heavy (non-hydrogen) atoms. The summed E-state index contributed by atoms with van der Waals surface area (Å²) in [7, 11) is 0. The van der Waals surface area contributed by atoms with Crippen molar-refractivity contribution >= 4 is 18.0 Å². The summed E-state index contributed by atoms with van der Waals surface area (Å²) in [4.78, 5) is 36.3. The van der Waals surface area contributed by atoms with E-state index in [4.69, 9.17) is 9.47 Å². The molecule has 1 aliphatic rings. The van der Waals surface area contributed by atoms with Gasteiger partial charge in [-0.2, -0.15) is 0 Å². The molecule has 0 bridgehead atoms. The number of nitrogens with one attached hydrogen (secondary N) is 2. The Bertz CT molecular complexity index is 937. The molecule has 0 radical (unpaired) electrons. The van der Waals surface area contributed by atoms with E-state index < -0.39 is 24.0 Å². The quantitative estimate of drug-likeness (QED) is 0.614. The van der Waals surface area contributed by atoms with Crippen molar-refractivity contribution in [2.45, 2.75) is 26.5 Å². The Morgan fingerprint density at radius 3 is 2.43 bits per heavy atom. The molecule has 0 aliphatic carbocycles. The van der Waals surface area contributed by atoms with Crippen LogP contribution < -0.4 is 15.4 Å². The van der Waals surface area contributed by atoms with Crippen LogP contribution in [0.1, 0.15) is 31.0 Å². The Kier molecular flexibility index (Phi) is 5.74. The zero-order valence-corrected chi connectivity index (χ0v) is 15.5. The maximum Gasteiger partial charge on any atom is 0.338 e. The fourth-order valence-electron chi connectivity index (χ4n) is 2.97. The van der Waals surface area contributed by atoms with E-state index in [0.29, 0.717) is 11.3 Å². The van der Waals surface area contributed by atoms with E-state index >= 15 is 0 Å². The molecule has 144 valence electrons. The second-order valence-electron chi connectivity index (χ2n) is 6.26. The number of benzene rings is 2. The Hall–Kier alpha value is -3.61. The first-order valence-corrected chi connectivity index (χ1v) is 8.72. The van der Waals surface area contributed by atoms with Gasteiger partial charge in [-0.1, -0.05) is 48.5 Å². The van der Waals surface area contributed by atoms with Gasteiger partial charge in [0.1, 0.15) is 12.4 Å². The largest absolute Gasteiger partial charge is 0.457 e. The fourth-order valence-corrected chi connectivity index (χ4v) is 2.97. The average molecular weight is 380 g/mol. The number of allylic oxidation sites excluding steroid dienone is 1. The van der Waals surface area contributed by atoms with Crippen molar-refractivity contribution in [1.82, 2.24) is 10.6 Å². The number of urea groups is 1. The van der Waals surface area contributed by atoms with Crippen LogP contribution in [0, 0.1) is 0 Å². The second kappa shape index (κ2) is 8.39. The van der Waals surface area contributed by atoms with Crippen LogP contribution in [0.5, 0.6) is 5.75 Å². The van der Waals surface area contributed by atoms with Crippen LogP contribution in [0.15, 0.2) is 65.9 Å². The molecule has 7 heteroatoms. The maximum absolute atomic E-state index is 12.8. The minimum atomic E-state index is -0.812. The van der Waals surface area contributed by atoms with Crippen LogP contribution >= 0.6 is 0 Å². The number of amides is 2. The van der Waals surface area contributed by atoms with Crippen molar-refractivity contribution in [3.63, 3.8) is 0 Å². The molecular weight excluding hydrogens is 360 g/mol. The molecule has 7 nitrogen and oxygen atoms in total. The van der Waals surface area contributed by atoms with Gasteiger partial charge >= 0.3 is 18.0 Å². The van der Waals surface area contributed by atoms with Crippen molar-refractivity contribution in [1.29, 1.82) is 0 Å². The number of carbonyl (C=O) groups excluding carboxylic acids is 3. The normalized spacial score (nSPS) is 16.1. The third-order valence-corrected chi connectivity index (χ3v) is 4.19. The SMILES string of the molecule is CC(=O)Oc1ccccc1C1NC(=O)NC(C)=C1C(=O)OCc1ccccc1. The highest BCUT2D eigenvalue weighted by Gasteiger charge is 2.34. The summed E-state index contributed by atoms with van der Waals surface area (Å²) in [5.41, 5.74) is 1.96. The van der Waals surface area contributed by atoms with Gasteiger partial charge in [0.2, 0.25) is 0 Å². The summed E-state index contributed by atoms with van der Waals surface area (Å²) in [6.07, 6.45) is 0. The molecular formula is C21H20N2O5. The number of hydrogen-bond donors (Lipinski definition) is 2. The van der Waals surface area contributed by atoms with Crippen LogP contribution in [0.25, 0.3) is 0 Å². The van der Waals surface area contributed by atoms with Gasteiger partial charge in [-0.3, -0.25) is 4.79 Å². The summed E-state index contributed by atoms with van der Waals surface area (Å²) >= 11 is 0. The average Bonchev–Trinajstić information content (AvgIpc) is 2.66. The molecule has 2 N–H and O–H groups in total. The van der Waals surface area contributed by atoms with E-state index in [1.165, 1.54) is 6.92 Å². The molecule has 0 saturated heterocycles. The predicted molar refractivity (Wildman–Crippen MR) is 101 cm³/mol. The van der Waals surface area contributed by atoms with E-state index in [9.17, 15) is 14.4 Å². The number of esters is 2. The smallest absolute Gasteiger partial charge is 0.338 e. The Morgan fingerprint density at radius 1 is 1.04 bits per heavy atom. The molecule has 1 heterocycles. The molecule has 0 fully saturated rings. The number of hydrogen-bond acceptors (Lipinski definition) is 5. The lowest BCUT2D eigenvalue weighted by Gasteiger charge is -2.29. The van der Waals surface area contributed by atoms with E-state index in [-0.39, 0.29) is 17.9 Å². The standard InChI is InChI=1S/C21H20N2O5/c1-13-18(20(25)27-12-15-8-4-3-5-9-15)19(23-21(26)22-13)16-10-6-7-11-17(16)28-14(2)24/h3-11,19H,12H2,1-2H3,(H2,22,23,26). The topological polar surface area (TPSA) is 93.7 Å². The Labute approximate surface area is 162 Å². The monoisotopic (exact) mass is 380 g/mol. The molecule has 3 rings (SSSR count). The first-order valence-electron chi connectivity index (χ1n) is 8.72. The minimum Gasteiger partial charge on any atom is -0.457 e. The first kappa shape index (κ1) is 19.2. The lowest BCUT2D eigenvalue weighted by atomic mass is 9.95. The van der Waals surface area contributed by atoms with Crippen LogP contribution in [-0.2, 0) is 20.9 Å². The van der Waals surface area contributed by atoms with Crippen LogP contribution in [0.4, 0.5) is 4.79 Å². The third-order valence-electron chi connectivity index (χ3n) is 4.19. The predicted octanol–water partition coefficient (Wildman–Crippen LogP) is 2.98. The van der Waals surface area contributed by atoms with Gasteiger partial charge in [0.15, 0.2) is 0 Å². The van der Waals surface area contributed by atoms with Crippen LogP contribution in [0.3, 0.4) is 0 Å². The van der Waals surface area contributed by atoms with Crippen molar-refractivity contribution in [3.8, 4) is 5.75 Å². The Morgan fingerprint density at radius 2 is 1.71 bits per heavy atom. The number of carbonyl (C=O) groups is 3. The molecule has 0 aromatic heterocycles. The van der Waals surface area contributed by atoms with Gasteiger partial charge in [0.25, 0.3) is 0 Å². The summed E-state index contributed by atoms with van der Waals surface area (Å²) in [5, 5.41) is 5.30. The molecule has 0 spiro atoms. The number of para-hydroxylation sites is 1. The summed E-state index contributed by atoms with van der Waals surface area (Å²) in [6.45, 7) is 3.01. The van der Waals surface area contributed by atoms with Gasteiger partial charge in [0.05, 0.1) is 11.6 Å². The number of ether oxygens (including phenoxy) is 2. The lowest BCUT2D eigenvalue weighted by Crippen LogP contribution is -2.45. The molecule has 0 saturated carbocycles. The third kappa shape index (κ3) is 4.37. The lowest BCUT2D eigenvalue weighted by molar-refractivity contribution is -0.140. The summed E-state index contributed by atoms with van der Waals surface area (Å²) < 4.78 is 10.7. The van der Waals surface area contributed by atoms with Gasteiger partial charge in [-0.15, -0.1) is 0 Å². The molecule has 2 aromatic rings. The van der Waals surface area contributed by atoms with Gasteiger partial charge in [0, 0.05) is 18.2 Å².